The van der Waals surface area contributed by atoms with Crippen LogP contribution in [-0.2, 0) is 6.54 Å². The third-order valence-electron chi connectivity index (χ3n) is 3.70. The van der Waals surface area contributed by atoms with E-state index in [-0.39, 0.29) is 35.8 Å². The minimum atomic E-state index is -1.15. The second-order valence-corrected chi connectivity index (χ2v) is 5.38. The Morgan fingerprint density at radius 1 is 1.33 bits per heavy atom. The number of carboxylic acid groups (broad SMARTS) is 1. The molecule has 0 radical (unpaired) electrons. The van der Waals surface area contributed by atoms with E-state index in [1.54, 1.807) is 10.6 Å². The fraction of sp³-hybridized carbons (Fsp3) is 0.375. The fourth-order valence-electron chi connectivity index (χ4n) is 2.73. The van der Waals surface area contributed by atoms with Crippen LogP contribution in [-0.4, -0.2) is 27.4 Å². The first-order chi connectivity index (χ1) is 9.90. The summed E-state index contributed by atoms with van der Waals surface area (Å²) in [7, 11) is 0. The van der Waals surface area contributed by atoms with Crippen LogP contribution in [0, 0.1) is 6.92 Å². The van der Waals surface area contributed by atoms with E-state index in [1.165, 1.54) is 6.92 Å². The monoisotopic (exact) mass is 289 g/mol. The summed E-state index contributed by atoms with van der Waals surface area (Å²) in [6, 6.07) is 5.40. The van der Waals surface area contributed by atoms with Crippen LogP contribution in [0.4, 0.5) is 0 Å². The number of pyridine rings is 1. The van der Waals surface area contributed by atoms with E-state index in [1.807, 2.05) is 26.0 Å². The summed E-state index contributed by atoms with van der Waals surface area (Å²) in [6.07, 6.45) is 0. The second-order valence-electron chi connectivity index (χ2n) is 5.38. The molecule has 0 aliphatic heterocycles. The van der Waals surface area contributed by atoms with E-state index in [0.29, 0.717) is 10.9 Å². The Morgan fingerprint density at radius 2 is 2.00 bits per heavy atom. The van der Waals surface area contributed by atoms with Crippen LogP contribution < -0.4 is 5.43 Å². The lowest BCUT2D eigenvalue weighted by atomic mass is 9.97. The number of aliphatic hydroxyl groups excluding tert-OH is 1. The van der Waals surface area contributed by atoms with Crippen LogP contribution in [0.5, 0.6) is 0 Å². The van der Waals surface area contributed by atoms with Crippen molar-refractivity contribution in [1.29, 1.82) is 0 Å². The number of aromatic nitrogens is 1. The predicted molar refractivity (Wildman–Crippen MR) is 81.1 cm³/mol. The summed E-state index contributed by atoms with van der Waals surface area (Å²) >= 11 is 0. The molecule has 0 unspecified atom stereocenters. The van der Waals surface area contributed by atoms with Gasteiger partial charge in [-0.3, -0.25) is 4.79 Å². The molecule has 0 bridgehead atoms. The van der Waals surface area contributed by atoms with Crippen LogP contribution in [0.15, 0.2) is 23.0 Å². The molecule has 2 aromatic rings. The molecule has 0 aliphatic carbocycles. The minimum absolute atomic E-state index is 0.0466. The maximum absolute atomic E-state index is 12.4. The van der Waals surface area contributed by atoms with Crippen LogP contribution in [0.1, 0.15) is 41.4 Å². The van der Waals surface area contributed by atoms with Crippen LogP contribution in [0.2, 0.25) is 0 Å². The lowest BCUT2D eigenvalue weighted by Gasteiger charge is -2.19. The smallest absolute Gasteiger partial charge is 0.352 e. The summed E-state index contributed by atoms with van der Waals surface area (Å²) in [5.74, 6) is -1.01. The van der Waals surface area contributed by atoms with Crippen molar-refractivity contribution in [3.05, 3.63) is 45.2 Å². The average Bonchev–Trinajstić information content (AvgIpc) is 2.43. The number of rotatable bonds is 4. The summed E-state index contributed by atoms with van der Waals surface area (Å²) in [5.41, 5.74) is 1.40. The Balaban J connectivity index is 3.08. The van der Waals surface area contributed by atoms with Crippen molar-refractivity contribution in [3.63, 3.8) is 0 Å². The van der Waals surface area contributed by atoms with Crippen LogP contribution >= 0.6 is 0 Å². The molecule has 1 heterocycles. The van der Waals surface area contributed by atoms with Gasteiger partial charge in [0.05, 0.1) is 12.1 Å². The summed E-state index contributed by atoms with van der Waals surface area (Å²) in [6.45, 7) is 5.44. The molecule has 2 rings (SSSR count). The van der Waals surface area contributed by atoms with Gasteiger partial charge < -0.3 is 14.8 Å². The van der Waals surface area contributed by atoms with Crippen molar-refractivity contribution in [2.24, 2.45) is 0 Å². The van der Waals surface area contributed by atoms with E-state index in [4.69, 9.17) is 0 Å². The predicted octanol–water partition coefficient (Wildman–Crippen LogP) is 2.12. The Bertz CT molecular complexity index is 759. The molecule has 0 aliphatic rings. The van der Waals surface area contributed by atoms with Gasteiger partial charge in [0.1, 0.15) is 5.69 Å². The molecule has 0 spiro atoms. The minimum Gasteiger partial charge on any atom is -0.477 e. The average molecular weight is 289 g/mol. The number of carboxylic acids is 1. The van der Waals surface area contributed by atoms with E-state index >= 15 is 0 Å². The molecule has 5 heteroatoms. The molecular weight excluding hydrogens is 270 g/mol. The highest BCUT2D eigenvalue weighted by atomic mass is 16.4. The largest absolute Gasteiger partial charge is 0.477 e. The molecule has 0 atom stereocenters. The Kier molecular flexibility index (Phi) is 4.14. The molecule has 1 aromatic carbocycles. The third-order valence-corrected chi connectivity index (χ3v) is 3.70. The summed E-state index contributed by atoms with van der Waals surface area (Å²) < 4.78 is 1.55. The lowest BCUT2D eigenvalue weighted by Crippen LogP contribution is -2.24. The quantitative estimate of drug-likeness (QED) is 0.903. The number of fused-ring (bicyclic) bond motifs is 1. The second kappa shape index (κ2) is 5.69. The van der Waals surface area contributed by atoms with Crippen molar-refractivity contribution < 1.29 is 15.0 Å². The van der Waals surface area contributed by atoms with Gasteiger partial charge in [-0.25, -0.2) is 4.79 Å². The molecular formula is C16H19NO4. The highest BCUT2D eigenvalue weighted by molar-refractivity contribution is 5.93. The molecule has 21 heavy (non-hydrogen) atoms. The number of para-hydroxylation sites is 1. The number of benzene rings is 1. The number of aliphatic hydroxyl groups is 1. The molecule has 5 nitrogen and oxygen atoms in total. The van der Waals surface area contributed by atoms with Gasteiger partial charge in [-0.2, -0.15) is 0 Å². The molecule has 0 saturated heterocycles. The number of aromatic carboxylic acids is 1. The maximum atomic E-state index is 12.4. The Morgan fingerprint density at radius 3 is 2.52 bits per heavy atom. The number of nitrogens with zero attached hydrogens (tertiary/aromatic N) is 1. The van der Waals surface area contributed by atoms with Crippen molar-refractivity contribution in [1.82, 2.24) is 4.57 Å². The zero-order valence-corrected chi connectivity index (χ0v) is 12.4. The van der Waals surface area contributed by atoms with E-state index in [0.717, 1.165) is 5.56 Å². The molecule has 1 aromatic heterocycles. The van der Waals surface area contributed by atoms with Crippen LogP contribution in [0.25, 0.3) is 10.9 Å². The number of hydrogen-bond donors (Lipinski definition) is 2. The van der Waals surface area contributed by atoms with Gasteiger partial charge in [0, 0.05) is 17.5 Å². The maximum Gasteiger partial charge on any atom is 0.352 e. The molecule has 0 amide bonds. The van der Waals surface area contributed by atoms with Gasteiger partial charge in [0.15, 0.2) is 5.43 Å². The van der Waals surface area contributed by atoms with Gasteiger partial charge in [0.25, 0.3) is 0 Å². The standard InChI is InChI=1S/C16H19NO4/c1-9(2)11-5-4-6-12-14(11)17(7-8-18)13(16(20)21)10(3)15(12)19/h4-6,9,18H,7-8H2,1-3H3,(H,20,21). The summed E-state index contributed by atoms with van der Waals surface area (Å²) in [5, 5.41) is 19.2. The molecule has 0 fully saturated rings. The number of carbonyl (C=O) groups is 1. The zero-order chi connectivity index (χ0) is 15.7. The fourth-order valence-corrected chi connectivity index (χ4v) is 2.73. The first-order valence-electron chi connectivity index (χ1n) is 6.90. The SMILES string of the molecule is Cc1c(C(=O)O)n(CCO)c2c(C(C)C)cccc2c1=O. The third kappa shape index (κ3) is 2.45. The number of hydrogen-bond acceptors (Lipinski definition) is 3. The van der Waals surface area contributed by atoms with Crippen molar-refractivity contribution in [2.75, 3.05) is 6.61 Å². The normalized spacial score (nSPS) is 11.3. The van der Waals surface area contributed by atoms with Crippen molar-refractivity contribution >= 4 is 16.9 Å². The van der Waals surface area contributed by atoms with Gasteiger partial charge in [-0.05, 0) is 24.5 Å². The Labute approximate surface area is 122 Å². The lowest BCUT2D eigenvalue weighted by molar-refractivity contribution is 0.0682. The molecule has 0 saturated carbocycles. The first kappa shape index (κ1) is 15.3. The van der Waals surface area contributed by atoms with Crippen LogP contribution in [0.3, 0.4) is 0 Å². The van der Waals surface area contributed by atoms with Gasteiger partial charge >= 0.3 is 5.97 Å². The highest BCUT2D eigenvalue weighted by Gasteiger charge is 2.21. The van der Waals surface area contributed by atoms with Gasteiger partial charge in [0.2, 0.25) is 0 Å². The van der Waals surface area contributed by atoms with Crippen molar-refractivity contribution in [3.8, 4) is 0 Å². The van der Waals surface area contributed by atoms with Gasteiger partial charge in [-0.15, -0.1) is 0 Å². The molecule has 112 valence electrons. The summed E-state index contributed by atoms with van der Waals surface area (Å²) in [4.78, 5) is 24.0. The zero-order valence-electron chi connectivity index (χ0n) is 12.4. The highest BCUT2D eigenvalue weighted by Crippen LogP contribution is 2.26. The van der Waals surface area contributed by atoms with E-state index in [2.05, 4.69) is 0 Å². The van der Waals surface area contributed by atoms with Gasteiger partial charge in [-0.1, -0.05) is 26.0 Å². The van der Waals surface area contributed by atoms with E-state index in [9.17, 15) is 19.8 Å². The van der Waals surface area contributed by atoms with Crippen molar-refractivity contribution in [2.45, 2.75) is 33.2 Å². The topological polar surface area (TPSA) is 79.5 Å². The van der Waals surface area contributed by atoms with E-state index < -0.39 is 5.97 Å². The molecule has 2 N–H and O–H groups in total. The first-order valence-corrected chi connectivity index (χ1v) is 6.90. The Hall–Kier alpha value is -2.14.